The summed E-state index contributed by atoms with van der Waals surface area (Å²) >= 11 is 31.5. The fourth-order valence-electron chi connectivity index (χ4n) is 5.87. The third-order valence-electron chi connectivity index (χ3n) is 9.33. The number of hydrogen-bond acceptors (Lipinski definition) is 11. The minimum absolute atomic E-state index is 0.0118. The Bertz CT molecular complexity index is 2700. The van der Waals surface area contributed by atoms with Crippen molar-refractivity contribution in [1.29, 1.82) is 0 Å². The maximum absolute atomic E-state index is 13.5. The number of nitrogens with one attached hydrogen (secondary N) is 4. The van der Waals surface area contributed by atoms with Gasteiger partial charge in [-0.3, -0.25) is 28.8 Å². The van der Waals surface area contributed by atoms with Gasteiger partial charge >= 0.3 is 0 Å². The first kappa shape index (κ1) is 50.8. The minimum atomic E-state index is -1.68. The number of Topliss-reactive ketones (excluding diaryl/α,β-unsaturated/α-hetero) is 2. The second-order valence-corrected chi connectivity index (χ2v) is 17.1. The zero-order chi connectivity index (χ0) is 48.2. The number of hydrogen-bond donors (Lipinski definition) is 4. The number of nitrogens with zero attached hydrogens (tertiary/aromatic N) is 4. The number of carbonyl (C=O) groups is 6. The lowest BCUT2D eigenvalue weighted by molar-refractivity contribution is -0.127. The molecule has 0 aromatic heterocycles. The van der Waals surface area contributed by atoms with E-state index < -0.39 is 52.8 Å². The van der Waals surface area contributed by atoms with Gasteiger partial charge in [0.25, 0.3) is 23.6 Å². The monoisotopic (exact) mass is 992 g/mol. The molecule has 5 unspecified atom stereocenters. The van der Waals surface area contributed by atoms with E-state index in [2.05, 4.69) is 41.7 Å². The van der Waals surface area contributed by atoms with E-state index in [-0.39, 0.29) is 60.4 Å². The molecule has 0 aliphatic heterocycles. The van der Waals surface area contributed by atoms with Crippen molar-refractivity contribution in [3.63, 3.8) is 0 Å². The lowest BCUT2D eigenvalue weighted by atomic mass is 10.1. The fraction of sp³-hybridized carbons (Fsp3) is 0.217. The van der Waals surface area contributed by atoms with Gasteiger partial charge < -0.3 is 26.0 Å². The Balaban J connectivity index is 1.28. The van der Waals surface area contributed by atoms with Crippen molar-refractivity contribution >= 4 is 127 Å². The van der Waals surface area contributed by atoms with Gasteiger partial charge in [0.05, 0.1) is 37.6 Å². The van der Waals surface area contributed by atoms with E-state index in [9.17, 15) is 28.8 Å². The molecule has 4 N–H and O–H groups in total. The van der Waals surface area contributed by atoms with E-state index in [1.165, 1.54) is 61.5 Å². The standard InChI is InChI=1S/C46H41Cl5N8O7/c1-23(47)28-12-16-30(17-13-28)52-43(62)33-8-6-10-36(39(33)50)56-58-41(25(3)60)45(64)54-32-20-21-35(38(22-32)66-27(5)49)55-46(65)42(26(4)61)59-57-37-11-7-9-34(40(37)51)44(63)53-31-18-14-29(15-19-31)24(2)48/h6-24,27,41-42H,1-5H3,(H,52,62)(H,53,63)(H,54,64)(H,55,65). The maximum atomic E-state index is 13.5. The molecule has 0 aliphatic carbocycles. The van der Waals surface area contributed by atoms with Gasteiger partial charge in [-0.05, 0) is 106 Å². The van der Waals surface area contributed by atoms with Crippen LogP contribution < -0.4 is 26.0 Å². The maximum Gasteiger partial charge on any atom is 0.258 e. The normalized spacial score (nSPS) is 13.5. The van der Waals surface area contributed by atoms with Gasteiger partial charge in [0.15, 0.2) is 17.1 Å². The zero-order valence-corrected chi connectivity index (χ0v) is 39.5. The third kappa shape index (κ3) is 13.7. The molecule has 15 nitrogen and oxygen atoms in total. The van der Waals surface area contributed by atoms with Gasteiger partial charge in [-0.2, -0.15) is 20.5 Å². The van der Waals surface area contributed by atoms with Crippen molar-refractivity contribution in [2.45, 2.75) is 63.0 Å². The molecule has 0 spiro atoms. The average molecular weight is 995 g/mol. The van der Waals surface area contributed by atoms with Gasteiger partial charge in [-0.25, -0.2) is 0 Å². The number of azo groups is 2. The second-order valence-electron chi connectivity index (χ2n) is 14.5. The molecule has 0 radical (unpaired) electrons. The highest BCUT2D eigenvalue weighted by molar-refractivity contribution is 6.37. The molecule has 66 heavy (non-hydrogen) atoms. The summed E-state index contributed by atoms with van der Waals surface area (Å²) in [6.07, 6.45) is 0. The molecular weight excluding hydrogens is 954 g/mol. The summed E-state index contributed by atoms with van der Waals surface area (Å²) in [5, 5.41) is 26.0. The number of ether oxygens (including phenoxy) is 1. The second kappa shape index (κ2) is 23.3. The van der Waals surface area contributed by atoms with E-state index in [0.717, 1.165) is 25.0 Å². The van der Waals surface area contributed by atoms with E-state index in [1.807, 2.05) is 13.8 Å². The highest BCUT2D eigenvalue weighted by atomic mass is 35.5. The number of anilines is 4. The Morgan fingerprint density at radius 3 is 1.33 bits per heavy atom. The Hall–Kier alpha value is -6.23. The van der Waals surface area contributed by atoms with Crippen LogP contribution in [0.4, 0.5) is 34.1 Å². The first-order chi connectivity index (χ1) is 31.3. The number of rotatable bonds is 18. The van der Waals surface area contributed by atoms with Gasteiger partial charge in [-0.1, -0.05) is 71.2 Å². The van der Waals surface area contributed by atoms with Gasteiger partial charge in [0.2, 0.25) is 12.1 Å². The molecule has 5 aromatic rings. The van der Waals surface area contributed by atoms with Crippen LogP contribution in [0.3, 0.4) is 0 Å². The largest absolute Gasteiger partial charge is 0.473 e. The van der Waals surface area contributed by atoms with Crippen molar-refractivity contribution in [3.05, 3.63) is 135 Å². The van der Waals surface area contributed by atoms with Gasteiger partial charge in [-0.15, -0.1) is 23.2 Å². The Kier molecular flexibility index (Phi) is 17.9. The highest BCUT2D eigenvalue weighted by Crippen LogP contribution is 2.34. The predicted molar refractivity (Wildman–Crippen MR) is 258 cm³/mol. The lowest BCUT2D eigenvalue weighted by Gasteiger charge is -2.17. The molecule has 0 saturated heterocycles. The lowest BCUT2D eigenvalue weighted by Crippen LogP contribution is -2.32. The molecule has 0 aliphatic rings. The number of benzene rings is 5. The van der Waals surface area contributed by atoms with Crippen LogP contribution in [-0.2, 0) is 19.2 Å². The van der Waals surface area contributed by atoms with Gasteiger partial charge in [0, 0.05) is 23.1 Å². The van der Waals surface area contributed by atoms with Crippen LogP contribution in [0, 0.1) is 0 Å². The van der Waals surface area contributed by atoms with Crippen LogP contribution in [0.1, 0.15) is 77.2 Å². The van der Waals surface area contributed by atoms with Crippen molar-refractivity contribution in [2.75, 3.05) is 21.3 Å². The topological polar surface area (TPSA) is 209 Å². The Morgan fingerprint density at radius 1 is 0.530 bits per heavy atom. The Labute approximate surface area is 404 Å². The molecular formula is C46H41Cl5N8O7. The van der Waals surface area contributed by atoms with Crippen LogP contribution in [0.2, 0.25) is 10.0 Å². The minimum Gasteiger partial charge on any atom is -0.473 e. The van der Waals surface area contributed by atoms with Crippen molar-refractivity contribution in [1.82, 2.24) is 0 Å². The van der Waals surface area contributed by atoms with Crippen LogP contribution in [0.5, 0.6) is 5.75 Å². The zero-order valence-electron chi connectivity index (χ0n) is 35.7. The van der Waals surface area contributed by atoms with E-state index in [1.54, 1.807) is 48.5 Å². The van der Waals surface area contributed by atoms with Crippen molar-refractivity contribution < 1.29 is 33.5 Å². The first-order valence-corrected chi connectivity index (χ1v) is 22.0. The molecule has 0 bridgehead atoms. The van der Waals surface area contributed by atoms with Crippen molar-refractivity contribution in [3.8, 4) is 5.75 Å². The smallest absolute Gasteiger partial charge is 0.258 e. The van der Waals surface area contributed by atoms with Crippen LogP contribution in [0.25, 0.3) is 0 Å². The molecule has 0 fully saturated rings. The third-order valence-corrected chi connectivity index (χ3v) is 10.7. The van der Waals surface area contributed by atoms with E-state index in [0.29, 0.717) is 11.4 Å². The van der Waals surface area contributed by atoms with Crippen LogP contribution in [-0.4, -0.2) is 52.8 Å². The molecule has 5 atom stereocenters. The number of carbonyl (C=O) groups excluding carboxylic acids is 6. The number of ketones is 2. The van der Waals surface area contributed by atoms with Gasteiger partial charge in [0.1, 0.15) is 17.1 Å². The van der Waals surface area contributed by atoms with E-state index in [4.69, 9.17) is 62.7 Å². The summed E-state index contributed by atoms with van der Waals surface area (Å²) in [5.41, 5.74) is 2.07. The Morgan fingerprint density at radius 2 is 0.939 bits per heavy atom. The first-order valence-electron chi connectivity index (χ1n) is 19.9. The van der Waals surface area contributed by atoms with Crippen LogP contribution in [0.15, 0.2) is 124 Å². The summed E-state index contributed by atoms with van der Waals surface area (Å²) < 4.78 is 5.69. The number of halogens is 5. The van der Waals surface area contributed by atoms with E-state index >= 15 is 0 Å². The summed E-state index contributed by atoms with van der Waals surface area (Å²) in [6, 6.07) is 23.5. The molecule has 4 amide bonds. The predicted octanol–water partition coefficient (Wildman–Crippen LogP) is 12.4. The van der Waals surface area contributed by atoms with Crippen molar-refractivity contribution in [2.24, 2.45) is 20.5 Å². The molecule has 0 heterocycles. The number of alkyl halides is 3. The highest BCUT2D eigenvalue weighted by Gasteiger charge is 2.27. The fourth-order valence-corrected chi connectivity index (χ4v) is 6.76. The summed E-state index contributed by atoms with van der Waals surface area (Å²) in [6.45, 7) is 7.42. The summed E-state index contributed by atoms with van der Waals surface area (Å²) in [4.78, 5) is 78.5. The van der Waals surface area contributed by atoms with Crippen LogP contribution >= 0.6 is 58.0 Å². The summed E-state index contributed by atoms with van der Waals surface area (Å²) in [7, 11) is 0. The SMILES string of the molecule is CC(=O)C(N=Nc1cccc(C(=O)Nc2ccc(C(C)Cl)cc2)c1Cl)C(=O)Nc1ccc(NC(=O)C(N=Nc2cccc(C(=O)Nc3ccc(C(C)Cl)cc3)c2Cl)C(C)=O)c(OC(C)Cl)c1. The average Bonchev–Trinajstić information content (AvgIpc) is 3.25. The molecule has 5 aromatic carbocycles. The molecule has 20 heteroatoms. The molecule has 5 rings (SSSR count). The molecule has 342 valence electrons. The number of amides is 4. The quantitative estimate of drug-likeness (QED) is 0.0379. The molecule has 0 saturated carbocycles. The summed E-state index contributed by atoms with van der Waals surface area (Å²) in [5.74, 6) is -4.27.